The van der Waals surface area contributed by atoms with Crippen LogP contribution in [0.4, 0.5) is 0 Å². The third kappa shape index (κ3) is 2.13. The molecule has 8 heavy (non-hydrogen) atoms. The summed E-state index contributed by atoms with van der Waals surface area (Å²) in [5.74, 6) is 0. The van der Waals surface area contributed by atoms with Gasteiger partial charge in [0.1, 0.15) is 0 Å². The molecule has 0 aromatic carbocycles. The molecule has 0 heterocycles. The molecule has 0 bridgehead atoms. The van der Waals surface area contributed by atoms with Crippen LogP contribution in [0, 0.1) is 5.41 Å². The Morgan fingerprint density at radius 1 is 1.00 bits per heavy atom. The minimum absolute atomic E-state index is 0. The average molecular weight is 132 g/mol. The lowest BCUT2D eigenvalue weighted by Crippen LogP contribution is -2.01. The molecule has 1 aliphatic carbocycles. The molecule has 1 atom stereocenters. The Bertz CT molecular complexity index is 58.8. The summed E-state index contributed by atoms with van der Waals surface area (Å²) in [4.78, 5) is 0. The summed E-state index contributed by atoms with van der Waals surface area (Å²) >= 11 is 0. The Hall–Kier alpha value is 0.430. The van der Waals surface area contributed by atoms with E-state index in [4.69, 9.17) is 0 Å². The van der Waals surface area contributed by atoms with Crippen LogP contribution in [0.1, 0.15) is 39.5 Å². The second-order valence-corrected chi connectivity index (χ2v) is 3.37. The van der Waals surface area contributed by atoms with Crippen molar-refractivity contribution in [1.29, 1.82) is 0 Å². The average Bonchev–Trinajstić information content (AvgIpc) is 1.84. The highest BCUT2D eigenvalue weighted by Gasteiger charge is 2.21. The van der Waals surface area contributed by atoms with Gasteiger partial charge in [0.15, 0.2) is 0 Å². The van der Waals surface area contributed by atoms with E-state index in [0.717, 1.165) is 0 Å². The van der Waals surface area contributed by atoms with Gasteiger partial charge in [-0.3, -0.25) is 0 Å². The molecule has 1 unspecified atom stereocenters. The van der Waals surface area contributed by atoms with Gasteiger partial charge in [0.25, 0.3) is 0 Å². The molecule has 0 aromatic rings. The SMILES string of the molecule is CC1(C)CCCC1.P. The van der Waals surface area contributed by atoms with E-state index in [0.29, 0.717) is 5.41 Å². The highest BCUT2D eigenvalue weighted by atomic mass is 31.0. The standard InChI is InChI=1S/C7H14.H3P/c1-7(2)5-3-4-6-7;/h3-6H2,1-2H3;1H3. The quantitative estimate of drug-likeness (QED) is 0.444. The van der Waals surface area contributed by atoms with Crippen molar-refractivity contribution >= 4 is 9.90 Å². The molecule has 0 aliphatic heterocycles. The fraction of sp³-hybridized carbons (Fsp3) is 1.00. The van der Waals surface area contributed by atoms with E-state index >= 15 is 0 Å². The molecule has 0 nitrogen and oxygen atoms in total. The van der Waals surface area contributed by atoms with Gasteiger partial charge in [-0.15, -0.1) is 0 Å². The zero-order chi connectivity index (χ0) is 5.33. The summed E-state index contributed by atoms with van der Waals surface area (Å²) in [5, 5.41) is 0. The molecular weight excluding hydrogens is 115 g/mol. The van der Waals surface area contributed by atoms with Crippen LogP contribution in [-0.4, -0.2) is 0 Å². The van der Waals surface area contributed by atoms with Crippen molar-refractivity contribution < 1.29 is 0 Å². The maximum absolute atomic E-state index is 2.36. The van der Waals surface area contributed by atoms with E-state index in [9.17, 15) is 0 Å². The van der Waals surface area contributed by atoms with Crippen LogP contribution in [0.5, 0.6) is 0 Å². The van der Waals surface area contributed by atoms with E-state index < -0.39 is 0 Å². The van der Waals surface area contributed by atoms with Gasteiger partial charge in [-0.2, -0.15) is 9.90 Å². The van der Waals surface area contributed by atoms with Crippen molar-refractivity contribution in [2.24, 2.45) is 5.41 Å². The summed E-state index contributed by atoms with van der Waals surface area (Å²) < 4.78 is 0. The summed E-state index contributed by atoms with van der Waals surface area (Å²) in [6.07, 6.45) is 5.83. The molecule has 1 fully saturated rings. The topological polar surface area (TPSA) is 0 Å². The second kappa shape index (κ2) is 2.82. The third-order valence-corrected chi connectivity index (χ3v) is 1.96. The molecular formula is C7H17P. The van der Waals surface area contributed by atoms with E-state index in [1.54, 1.807) is 0 Å². The van der Waals surface area contributed by atoms with Gasteiger partial charge in [-0.1, -0.05) is 26.7 Å². The normalized spacial score (nSPS) is 24.8. The Morgan fingerprint density at radius 3 is 1.50 bits per heavy atom. The van der Waals surface area contributed by atoms with Crippen LogP contribution >= 0.6 is 9.90 Å². The highest BCUT2D eigenvalue weighted by molar-refractivity contribution is 6.92. The van der Waals surface area contributed by atoms with Crippen LogP contribution in [0.25, 0.3) is 0 Å². The maximum atomic E-state index is 2.36. The van der Waals surface area contributed by atoms with Gasteiger partial charge < -0.3 is 0 Å². The Kier molecular flexibility index (Phi) is 2.98. The predicted octanol–water partition coefficient (Wildman–Crippen LogP) is 2.64. The zero-order valence-electron chi connectivity index (χ0n) is 6.04. The van der Waals surface area contributed by atoms with Gasteiger partial charge in [0.2, 0.25) is 0 Å². The first-order valence-electron chi connectivity index (χ1n) is 3.21. The van der Waals surface area contributed by atoms with Crippen molar-refractivity contribution in [3.05, 3.63) is 0 Å². The zero-order valence-corrected chi connectivity index (χ0v) is 7.45. The molecule has 0 amide bonds. The second-order valence-electron chi connectivity index (χ2n) is 3.37. The van der Waals surface area contributed by atoms with Crippen LogP contribution < -0.4 is 0 Å². The summed E-state index contributed by atoms with van der Waals surface area (Å²) in [6, 6.07) is 0. The fourth-order valence-corrected chi connectivity index (χ4v) is 1.33. The Morgan fingerprint density at radius 2 is 1.38 bits per heavy atom. The molecule has 0 aromatic heterocycles. The summed E-state index contributed by atoms with van der Waals surface area (Å²) in [6.45, 7) is 4.72. The molecule has 50 valence electrons. The Labute approximate surface area is 55.7 Å². The predicted molar refractivity (Wildman–Crippen MR) is 43.4 cm³/mol. The van der Waals surface area contributed by atoms with E-state index in [1.807, 2.05) is 0 Å². The Balaban J connectivity index is 0.000000490. The van der Waals surface area contributed by atoms with Gasteiger partial charge in [0.05, 0.1) is 0 Å². The lowest BCUT2D eigenvalue weighted by atomic mass is 9.92. The lowest BCUT2D eigenvalue weighted by molar-refractivity contribution is 0.382. The summed E-state index contributed by atoms with van der Waals surface area (Å²) in [7, 11) is 0. The van der Waals surface area contributed by atoms with Crippen molar-refractivity contribution in [3.63, 3.8) is 0 Å². The van der Waals surface area contributed by atoms with Crippen LogP contribution in [0.15, 0.2) is 0 Å². The number of rotatable bonds is 0. The lowest BCUT2D eigenvalue weighted by Gasteiger charge is -2.13. The molecule has 1 rings (SSSR count). The van der Waals surface area contributed by atoms with Gasteiger partial charge in [-0.25, -0.2) is 0 Å². The minimum Gasteiger partial charge on any atom is -0.153 e. The highest BCUT2D eigenvalue weighted by Crippen LogP contribution is 2.36. The van der Waals surface area contributed by atoms with Crippen molar-refractivity contribution in [2.75, 3.05) is 0 Å². The van der Waals surface area contributed by atoms with Crippen LogP contribution in [0.2, 0.25) is 0 Å². The summed E-state index contributed by atoms with van der Waals surface area (Å²) in [5.41, 5.74) is 0.694. The van der Waals surface area contributed by atoms with Gasteiger partial charge >= 0.3 is 0 Å². The first kappa shape index (κ1) is 8.43. The van der Waals surface area contributed by atoms with Gasteiger partial charge in [0, 0.05) is 0 Å². The molecule has 0 spiro atoms. The van der Waals surface area contributed by atoms with Crippen LogP contribution in [-0.2, 0) is 0 Å². The third-order valence-electron chi connectivity index (χ3n) is 1.96. The van der Waals surface area contributed by atoms with Gasteiger partial charge in [-0.05, 0) is 18.3 Å². The largest absolute Gasteiger partial charge is 0.153 e. The number of hydrogen-bond acceptors (Lipinski definition) is 0. The van der Waals surface area contributed by atoms with Crippen LogP contribution in [0.3, 0.4) is 0 Å². The monoisotopic (exact) mass is 132 g/mol. The fourth-order valence-electron chi connectivity index (χ4n) is 1.33. The molecule has 1 heteroatoms. The van der Waals surface area contributed by atoms with E-state index in [-0.39, 0.29) is 9.90 Å². The van der Waals surface area contributed by atoms with E-state index in [1.165, 1.54) is 25.7 Å². The first-order valence-corrected chi connectivity index (χ1v) is 3.21. The molecule has 1 aliphatic rings. The van der Waals surface area contributed by atoms with Crippen molar-refractivity contribution in [3.8, 4) is 0 Å². The van der Waals surface area contributed by atoms with Crippen molar-refractivity contribution in [1.82, 2.24) is 0 Å². The minimum atomic E-state index is 0. The molecule has 0 radical (unpaired) electrons. The maximum Gasteiger partial charge on any atom is -0.0354 e. The smallest absolute Gasteiger partial charge is 0.0354 e. The number of hydrogen-bond donors (Lipinski definition) is 0. The van der Waals surface area contributed by atoms with Crippen molar-refractivity contribution in [2.45, 2.75) is 39.5 Å². The molecule has 0 N–H and O–H groups in total. The first-order chi connectivity index (χ1) is 3.21. The molecule has 1 saturated carbocycles. The van der Waals surface area contributed by atoms with E-state index in [2.05, 4.69) is 13.8 Å². The molecule has 0 saturated heterocycles.